The summed E-state index contributed by atoms with van der Waals surface area (Å²) in [6.45, 7) is 3.88. The molecule has 166 valence electrons. The van der Waals surface area contributed by atoms with Crippen LogP contribution in [-0.2, 0) is 10.2 Å². The predicted molar refractivity (Wildman–Crippen MR) is 111 cm³/mol. The summed E-state index contributed by atoms with van der Waals surface area (Å²) < 4.78 is 27.7. The number of carbonyl (C=O) groups is 1. The molecule has 1 amide bonds. The third-order valence-corrected chi connectivity index (χ3v) is 5.71. The number of hydrogen-bond donors (Lipinski definition) is 1. The molecule has 0 spiro atoms. The molecule has 1 aliphatic carbocycles. The zero-order valence-corrected chi connectivity index (χ0v) is 17.6. The fraction of sp³-hybridized carbons (Fsp3) is 0.286. The van der Waals surface area contributed by atoms with E-state index >= 15 is 0 Å². The molecule has 1 aliphatic rings. The lowest BCUT2D eigenvalue weighted by molar-refractivity contribution is -0.117. The zero-order valence-electron chi connectivity index (χ0n) is 17.6. The van der Waals surface area contributed by atoms with Gasteiger partial charge in [-0.25, -0.2) is 23.3 Å². The summed E-state index contributed by atoms with van der Waals surface area (Å²) in [4.78, 5) is 22.7. The molecule has 4 aromatic rings. The van der Waals surface area contributed by atoms with Crippen LogP contribution in [0.1, 0.15) is 55.0 Å². The number of halogens is 2. The quantitative estimate of drug-likeness (QED) is 0.507. The van der Waals surface area contributed by atoms with Crippen LogP contribution in [0.2, 0.25) is 0 Å². The van der Waals surface area contributed by atoms with Gasteiger partial charge in [-0.05, 0) is 23.5 Å². The Morgan fingerprint density at radius 2 is 2.03 bits per heavy atom. The van der Waals surface area contributed by atoms with E-state index in [0.717, 1.165) is 5.56 Å². The van der Waals surface area contributed by atoms with Crippen molar-refractivity contribution in [2.45, 2.75) is 38.0 Å². The molecular formula is C21H17F2N9O. The van der Waals surface area contributed by atoms with Crippen LogP contribution in [0, 0.1) is 11.3 Å². The van der Waals surface area contributed by atoms with Crippen molar-refractivity contribution in [1.82, 2.24) is 34.6 Å². The maximum absolute atomic E-state index is 13.2. The second-order valence-corrected chi connectivity index (χ2v) is 8.36. The number of anilines is 1. The normalized spacial score (nSPS) is 16.7. The van der Waals surface area contributed by atoms with E-state index in [0.29, 0.717) is 23.3 Å². The number of alkyl halides is 2. The monoisotopic (exact) mass is 449 g/mol. The van der Waals surface area contributed by atoms with Crippen molar-refractivity contribution in [3.63, 3.8) is 0 Å². The molecule has 0 fully saturated rings. The number of fused-ring (bicyclic) bond motifs is 3. The molecule has 4 aromatic heterocycles. The third kappa shape index (κ3) is 3.38. The first kappa shape index (κ1) is 20.6. The highest BCUT2D eigenvalue weighted by atomic mass is 19.3. The van der Waals surface area contributed by atoms with Crippen molar-refractivity contribution >= 4 is 17.2 Å². The zero-order chi connectivity index (χ0) is 23.3. The van der Waals surface area contributed by atoms with Gasteiger partial charge in [-0.15, -0.1) is 4.80 Å². The van der Waals surface area contributed by atoms with Crippen LogP contribution in [0.5, 0.6) is 0 Å². The molecule has 0 aliphatic heterocycles. The fourth-order valence-electron chi connectivity index (χ4n) is 4.31. The third-order valence-electron chi connectivity index (χ3n) is 5.71. The second kappa shape index (κ2) is 7.40. The topological polar surface area (TPSA) is 127 Å². The van der Waals surface area contributed by atoms with E-state index in [4.69, 9.17) is 0 Å². The lowest BCUT2D eigenvalue weighted by Crippen LogP contribution is -2.21. The van der Waals surface area contributed by atoms with Gasteiger partial charge in [0.2, 0.25) is 5.91 Å². The first-order valence-corrected chi connectivity index (χ1v) is 10.0. The van der Waals surface area contributed by atoms with Gasteiger partial charge in [0.1, 0.15) is 17.3 Å². The summed E-state index contributed by atoms with van der Waals surface area (Å²) >= 11 is 0. The first-order valence-electron chi connectivity index (χ1n) is 10.0. The van der Waals surface area contributed by atoms with Crippen molar-refractivity contribution in [3.05, 3.63) is 59.4 Å². The Morgan fingerprint density at radius 1 is 1.27 bits per heavy atom. The molecule has 0 aromatic carbocycles. The smallest absolute Gasteiger partial charge is 0.281 e. The van der Waals surface area contributed by atoms with Gasteiger partial charge < -0.3 is 5.32 Å². The highest BCUT2D eigenvalue weighted by molar-refractivity contribution is 5.97. The predicted octanol–water partition coefficient (Wildman–Crippen LogP) is 2.92. The summed E-state index contributed by atoms with van der Waals surface area (Å²) in [5.41, 5.74) is 1.37. The van der Waals surface area contributed by atoms with Gasteiger partial charge >= 0.3 is 0 Å². The van der Waals surface area contributed by atoms with Gasteiger partial charge in [-0.2, -0.15) is 20.6 Å². The molecule has 0 unspecified atom stereocenters. The van der Waals surface area contributed by atoms with Crippen molar-refractivity contribution < 1.29 is 13.6 Å². The molecule has 10 nitrogen and oxygen atoms in total. The largest absolute Gasteiger partial charge is 0.324 e. The Morgan fingerprint density at radius 3 is 2.73 bits per heavy atom. The van der Waals surface area contributed by atoms with E-state index in [1.807, 2.05) is 19.9 Å². The van der Waals surface area contributed by atoms with Gasteiger partial charge in [0.15, 0.2) is 11.5 Å². The lowest BCUT2D eigenvalue weighted by atomic mass is 9.86. The van der Waals surface area contributed by atoms with E-state index in [2.05, 4.69) is 30.6 Å². The van der Waals surface area contributed by atoms with Crippen molar-refractivity contribution in [3.8, 4) is 11.9 Å². The van der Waals surface area contributed by atoms with E-state index in [-0.39, 0.29) is 23.0 Å². The van der Waals surface area contributed by atoms with Gasteiger partial charge in [0.05, 0.1) is 42.6 Å². The standard InChI is InChI=1S/C21H17F2N9O/c1-21(2)6-13(14-9-28-31-10-15(17(22)23)30-19(31)16(14)21)20(33)29-12-5-11(7-24)18(25-8-12)32-26-3-4-27-32/h3-5,8-10,13,17H,6H2,1-2H3,(H,29,33)/t13-/m0/s1. The number of rotatable bonds is 4. The molecule has 0 bridgehead atoms. The SMILES string of the molecule is CC1(C)C[C@H](C(=O)Nc2cnc(-n3nccn3)c(C#N)c2)c2cnn3cc(C(F)F)nc3c21. The summed E-state index contributed by atoms with van der Waals surface area (Å²) in [6.07, 6.45) is 4.81. The lowest BCUT2D eigenvalue weighted by Gasteiger charge is -2.19. The van der Waals surface area contributed by atoms with Gasteiger partial charge in [0.25, 0.3) is 6.43 Å². The van der Waals surface area contributed by atoms with Crippen LogP contribution in [0.15, 0.2) is 37.1 Å². The van der Waals surface area contributed by atoms with Gasteiger partial charge in [0, 0.05) is 5.56 Å². The molecule has 4 heterocycles. The summed E-state index contributed by atoms with van der Waals surface area (Å²) in [7, 11) is 0. The number of amides is 1. The fourth-order valence-corrected chi connectivity index (χ4v) is 4.31. The average Bonchev–Trinajstić information content (AvgIpc) is 3.51. The van der Waals surface area contributed by atoms with Crippen molar-refractivity contribution in [2.24, 2.45) is 0 Å². The molecule has 1 atom stereocenters. The molecule has 0 saturated heterocycles. The Kier molecular flexibility index (Phi) is 4.63. The van der Waals surface area contributed by atoms with Crippen LogP contribution in [-0.4, -0.2) is 40.5 Å². The molecule has 0 radical (unpaired) electrons. The molecule has 1 N–H and O–H groups in total. The van der Waals surface area contributed by atoms with E-state index < -0.39 is 17.8 Å². The number of aromatic nitrogens is 7. The minimum Gasteiger partial charge on any atom is -0.324 e. The number of pyridine rings is 1. The summed E-state index contributed by atoms with van der Waals surface area (Å²) in [5, 5.41) is 24.4. The number of carbonyl (C=O) groups excluding carboxylic acids is 1. The highest BCUT2D eigenvalue weighted by Crippen LogP contribution is 2.47. The Hall–Kier alpha value is -4.27. The molecular weight excluding hydrogens is 432 g/mol. The van der Waals surface area contributed by atoms with E-state index in [1.165, 1.54) is 46.4 Å². The average molecular weight is 449 g/mol. The van der Waals surface area contributed by atoms with Crippen molar-refractivity contribution in [2.75, 3.05) is 5.32 Å². The van der Waals surface area contributed by atoms with Crippen LogP contribution >= 0.6 is 0 Å². The summed E-state index contributed by atoms with van der Waals surface area (Å²) in [5.74, 6) is -0.643. The number of nitriles is 1. The maximum atomic E-state index is 13.2. The van der Waals surface area contributed by atoms with Gasteiger partial charge in [-0.3, -0.25) is 4.79 Å². The number of hydrogen-bond acceptors (Lipinski definition) is 7. The Bertz CT molecular complexity index is 1420. The number of imidazole rings is 1. The second-order valence-electron chi connectivity index (χ2n) is 8.36. The number of nitrogens with one attached hydrogen (secondary N) is 1. The molecule has 12 heteroatoms. The van der Waals surface area contributed by atoms with Gasteiger partial charge in [-0.1, -0.05) is 13.8 Å². The Balaban J connectivity index is 1.47. The summed E-state index contributed by atoms with van der Waals surface area (Å²) in [6, 6.07) is 3.53. The minimum absolute atomic E-state index is 0.191. The highest BCUT2D eigenvalue weighted by Gasteiger charge is 2.43. The van der Waals surface area contributed by atoms with Crippen molar-refractivity contribution in [1.29, 1.82) is 5.26 Å². The number of nitrogens with zero attached hydrogens (tertiary/aromatic N) is 8. The first-order chi connectivity index (χ1) is 15.8. The minimum atomic E-state index is -2.72. The molecule has 0 saturated carbocycles. The van der Waals surface area contributed by atoms with E-state index in [1.54, 1.807) is 0 Å². The van der Waals surface area contributed by atoms with Crippen LogP contribution in [0.4, 0.5) is 14.5 Å². The van der Waals surface area contributed by atoms with Crippen LogP contribution in [0.3, 0.4) is 0 Å². The molecule has 33 heavy (non-hydrogen) atoms. The van der Waals surface area contributed by atoms with Crippen LogP contribution < -0.4 is 5.32 Å². The Labute approximate surface area is 185 Å². The van der Waals surface area contributed by atoms with E-state index in [9.17, 15) is 18.8 Å². The molecule has 5 rings (SSSR count). The van der Waals surface area contributed by atoms with Crippen LogP contribution in [0.25, 0.3) is 11.5 Å². The maximum Gasteiger partial charge on any atom is 0.281 e.